The molecule has 0 bridgehead atoms. The van der Waals surface area contributed by atoms with Crippen LogP contribution in [0.5, 0.6) is 6.01 Å². The van der Waals surface area contributed by atoms with E-state index >= 15 is 0 Å². The van der Waals surface area contributed by atoms with Gasteiger partial charge in [-0.1, -0.05) is 30.3 Å². The molecule has 1 aromatic carbocycles. The minimum Gasteiger partial charge on any atom is -0.358 e. The SMILES string of the molecule is Cc1nc(OS(=O)(=O)Cc2ccccc2)n(C)c1[N+](=O)[O-]. The van der Waals surface area contributed by atoms with E-state index in [0.29, 0.717) is 5.56 Å². The maximum Gasteiger partial charge on any atom is 0.406 e. The van der Waals surface area contributed by atoms with Crippen molar-refractivity contribution in [1.82, 2.24) is 9.55 Å². The number of imidazole rings is 1. The van der Waals surface area contributed by atoms with Crippen molar-refractivity contribution in [2.45, 2.75) is 12.7 Å². The summed E-state index contributed by atoms with van der Waals surface area (Å²) in [6.45, 7) is 1.41. The van der Waals surface area contributed by atoms with Gasteiger partial charge in [-0.15, -0.1) is 0 Å². The summed E-state index contributed by atoms with van der Waals surface area (Å²) in [7, 11) is -2.62. The number of hydrogen-bond acceptors (Lipinski definition) is 6. The average molecular weight is 311 g/mol. The van der Waals surface area contributed by atoms with E-state index in [2.05, 4.69) is 4.98 Å². The first kappa shape index (κ1) is 15.0. The van der Waals surface area contributed by atoms with E-state index in [-0.39, 0.29) is 23.3 Å². The summed E-state index contributed by atoms with van der Waals surface area (Å²) < 4.78 is 29.8. The number of benzene rings is 1. The standard InChI is InChI=1S/C12H13N3O5S/c1-9-11(15(16)17)14(2)12(13-9)20-21(18,19)8-10-6-4-3-5-7-10/h3-7H,8H2,1-2H3. The van der Waals surface area contributed by atoms with Crippen molar-refractivity contribution in [3.8, 4) is 6.01 Å². The molecule has 0 spiro atoms. The van der Waals surface area contributed by atoms with Crippen molar-refractivity contribution in [3.63, 3.8) is 0 Å². The highest BCUT2D eigenvalue weighted by Crippen LogP contribution is 2.24. The Labute approximate surface area is 121 Å². The Morgan fingerprint density at radius 3 is 2.48 bits per heavy atom. The summed E-state index contributed by atoms with van der Waals surface area (Å²) in [5.74, 6) is -0.645. The first-order valence-electron chi connectivity index (χ1n) is 5.94. The minimum atomic E-state index is -3.95. The molecule has 0 N–H and O–H groups in total. The first-order chi connectivity index (χ1) is 9.80. The van der Waals surface area contributed by atoms with Crippen molar-refractivity contribution < 1.29 is 17.5 Å². The minimum absolute atomic E-state index is 0.0902. The lowest BCUT2D eigenvalue weighted by atomic mass is 10.2. The van der Waals surface area contributed by atoms with Crippen LogP contribution >= 0.6 is 0 Å². The van der Waals surface area contributed by atoms with Crippen LogP contribution < -0.4 is 4.18 Å². The van der Waals surface area contributed by atoms with Gasteiger partial charge in [0.1, 0.15) is 11.4 Å². The second-order valence-corrected chi connectivity index (χ2v) is 5.96. The fourth-order valence-corrected chi connectivity index (χ4v) is 2.89. The van der Waals surface area contributed by atoms with Crippen LogP contribution in [-0.4, -0.2) is 22.9 Å². The number of nitrogens with zero attached hydrogens (tertiary/aromatic N) is 3. The molecule has 0 fully saturated rings. The molecule has 2 rings (SSSR count). The van der Waals surface area contributed by atoms with Gasteiger partial charge in [-0.05, 0) is 17.4 Å². The lowest BCUT2D eigenvalue weighted by molar-refractivity contribution is -0.392. The Bertz CT molecular complexity index is 768. The molecule has 0 unspecified atom stereocenters. The van der Waals surface area contributed by atoms with Gasteiger partial charge in [0.25, 0.3) is 0 Å². The van der Waals surface area contributed by atoms with Gasteiger partial charge in [-0.3, -0.25) is 0 Å². The van der Waals surface area contributed by atoms with Crippen LogP contribution in [0.2, 0.25) is 0 Å². The molecule has 1 heterocycles. The predicted octanol–water partition coefficient (Wildman–Crippen LogP) is 1.55. The number of nitro groups is 1. The Morgan fingerprint density at radius 1 is 1.33 bits per heavy atom. The van der Waals surface area contributed by atoms with Crippen LogP contribution in [0.1, 0.15) is 11.3 Å². The quantitative estimate of drug-likeness (QED) is 0.471. The summed E-state index contributed by atoms with van der Waals surface area (Å²) >= 11 is 0. The zero-order valence-electron chi connectivity index (χ0n) is 11.4. The zero-order chi connectivity index (χ0) is 15.6. The zero-order valence-corrected chi connectivity index (χ0v) is 12.2. The Kier molecular flexibility index (Phi) is 3.94. The number of aromatic nitrogens is 2. The van der Waals surface area contributed by atoms with Gasteiger partial charge in [0, 0.05) is 0 Å². The number of hydrogen-bond donors (Lipinski definition) is 0. The third-order valence-electron chi connectivity index (χ3n) is 2.75. The molecule has 0 aliphatic carbocycles. The van der Waals surface area contributed by atoms with Crippen LogP contribution in [0.15, 0.2) is 30.3 Å². The van der Waals surface area contributed by atoms with E-state index < -0.39 is 15.0 Å². The van der Waals surface area contributed by atoms with Crippen molar-refractivity contribution in [2.24, 2.45) is 7.05 Å². The summed E-state index contributed by atoms with van der Waals surface area (Å²) in [5, 5.41) is 10.9. The van der Waals surface area contributed by atoms with Crippen LogP contribution in [0.3, 0.4) is 0 Å². The Balaban J connectivity index is 2.25. The maximum absolute atomic E-state index is 12.0. The normalized spacial score (nSPS) is 11.3. The molecule has 8 nitrogen and oxygen atoms in total. The molecule has 0 saturated carbocycles. The fraction of sp³-hybridized carbons (Fsp3) is 0.250. The van der Waals surface area contributed by atoms with Gasteiger partial charge in [-0.2, -0.15) is 18.0 Å². The average Bonchev–Trinajstić information content (AvgIpc) is 2.64. The van der Waals surface area contributed by atoms with Gasteiger partial charge in [0.2, 0.25) is 0 Å². The Hall–Kier alpha value is -2.42. The summed E-state index contributed by atoms with van der Waals surface area (Å²) in [4.78, 5) is 14.0. The summed E-state index contributed by atoms with van der Waals surface area (Å²) in [5.41, 5.74) is 0.644. The van der Waals surface area contributed by atoms with E-state index in [1.54, 1.807) is 30.3 Å². The third kappa shape index (κ3) is 3.37. The number of aryl methyl sites for hydroxylation is 1. The van der Waals surface area contributed by atoms with E-state index in [1.165, 1.54) is 14.0 Å². The van der Waals surface area contributed by atoms with Crippen molar-refractivity contribution in [1.29, 1.82) is 0 Å². The van der Waals surface area contributed by atoms with Crippen LogP contribution in [0.25, 0.3) is 0 Å². The molecular formula is C12H13N3O5S. The van der Waals surface area contributed by atoms with Gasteiger partial charge in [0.15, 0.2) is 0 Å². The predicted molar refractivity (Wildman–Crippen MR) is 74.3 cm³/mol. The lowest BCUT2D eigenvalue weighted by Crippen LogP contribution is -2.14. The molecule has 1 aromatic heterocycles. The lowest BCUT2D eigenvalue weighted by Gasteiger charge is -2.04. The molecule has 2 aromatic rings. The van der Waals surface area contributed by atoms with E-state index in [9.17, 15) is 18.5 Å². The van der Waals surface area contributed by atoms with Gasteiger partial charge < -0.3 is 14.3 Å². The molecule has 0 saturated heterocycles. The third-order valence-corrected chi connectivity index (χ3v) is 3.84. The molecule has 0 aliphatic rings. The summed E-state index contributed by atoms with van der Waals surface area (Å²) in [6.07, 6.45) is 0. The van der Waals surface area contributed by atoms with Crippen LogP contribution in [0.4, 0.5) is 5.82 Å². The smallest absolute Gasteiger partial charge is 0.358 e. The highest BCUT2D eigenvalue weighted by atomic mass is 32.2. The molecular weight excluding hydrogens is 298 g/mol. The second kappa shape index (κ2) is 5.52. The van der Waals surface area contributed by atoms with Crippen molar-refractivity contribution >= 4 is 15.9 Å². The highest BCUT2D eigenvalue weighted by Gasteiger charge is 2.27. The van der Waals surface area contributed by atoms with E-state index in [1.807, 2.05) is 0 Å². The van der Waals surface area contributed by atoms with Crippen molar-refractivity contribution in [2.75, 3.05) is 0 Å². The topological polar surface area (TPSA) is 104 Å². The monoisotopic (exact) mass is 311 g/mol. The van der Waals surface area contributed by atoms with Gasteiger partial charge >= 0.3 is 21.9 Å². The molecule has 21 heavy (non-hydrogen) atoms. The molecule has 0 aliphatic heterocycles. The first-order valence-corrected chi connectivity index (χ1v) is 7.51. The molecule has 112 valence electrons. The Morgan fingerprint density at radius 2 is 1.95 bits per heavy atom. The second-order valence-electron chi connectivity index (χ2n) is 4.39. The van der Waals surface area contributed by atoms with Gasteiger partial charge in [-0.25, -0.2) is 0 Å². The maximum atomic E-state index is 12.0. The van der Waals surface area contributed by atoms with Crippen molar-refractivity contribution in [3.05, 3.63) is 51.7 Å². The number of rotatable bonds is 5. The van der Waals surface area contributed by atoms with E-state index in [0.717, 1.165) is 4.57 Å². The van der Waals surface area contributed by atoms with Crippen LogP contribution in [-0.2, 0) is 22.9 Å². The largest absolute Gasteiger partial charge is 0.406 e. The van der Waals surface area contributed by atoms with Crippen LogP contribution in [0, 0.1) is 17.0 Å². The molecule has 0 amide bonds. The van der Waals surface area contributed by atoms with E-state index in [4.69, 9.17) is 4.18 Å². The molecule has 9 heteroatoms. The highest BCUT2D eigenvalue weighted by molar-refractivity contribution is 7.86. The molecule has 0 radical (unpaired) electrons. The summed E-state index contributed by atoms with van der Waals surface area (Å²) in [6, 6.07) is 8.15. The van der Waals surface area contributed by atoms with Gasteiger partial charge in [0.05, 0.1) is 7.05 Å². The molecule has 0 atom stereocenters. The fourth-order valence-electron chi connectivity index (χ4n) is 1.85.